The Morgan fingerprint density at radius 2 is 1.45 bits per heavy atom. The van der Waals surface area contributed by atoms with Crippen LogP contribution in [0.15, 0.2) is 24.3 Å². The quantitative estimate of drug-likeness (QED) is 0.413. The molecule has 0 atom stereocenters. The summed E-state index contributed by atoms with van der Waals surface area (Å²) < 4.78 is 77.7. The first kappa shape index (κ1) is 19.1. The molecule has 0 aliphatic heterocycles. The van der Waals surface area contributed by atoms with E-state index in [4.69, 9.17) is 13.3 Å². The van der Waals surface area contributed by atoms with Crippen molar-refractivity contribution in [1.29, 1.82) is 0 Å². The second kappa shape index (κ2) is 7.06. The summed E-state index contributed by atoms with van der Waals surface area (Å²) in [5, 5.41) is 0.572. The van der Waals surface area contributed by atoms with E-state index in [9.17, 15) is 21.6 Å². The third-order valence-corrected chi connectivity index (χ3v) is 6.43. The van der Waals surface area contributed by atoms with Crippen LogP contribution in [0.3, 0.4) is 0 Å². The van der Waals surface area contributed by atoms with Gasteiger partial charge < -0.3 is 13.3 Å². The van der Waals surface area contributed by atoms with Gasteiger partial charge in [-0.15, -0.1) is 0 Å². The van der Waals surface area contributed by atoms with Gasteiger partial charge in [0.2, 0.25) is 0 Å². The molecule has 0 amide bonds. The van der Waals surface area contributed by atoms with Crippen molar-refractivity contribution in [2.45, 2.75) is 12.1 Å². The van der Waals surface area contributed by atoms with Crippen LogP contribution >= 0.6 is 0 Å². The standard InChI is InChI=1S/C11H15F3O6SSi/c1-17-22(18-2,19-3)10-6-4-9(5-7-10)8-20-21(15,16)11(12,13)14/h4-7H,8H2,1-3H3. The molecule has 11 heteroatoms. The van der Waals surface area contributed by atoms with Crippen LogP contribution in [0.1, 0.15) is 5.56 Å². The first-order valence-electron chi connectivity index (χ1n) is 5.82. The van der Waals surface area contributed by atoms with Crippen LogP contribution in [-0.2, 0) is 34.2 Å². The SMILES string of the molecule is CO[Si](OC)(OC)c1ccc(COS(=O)(=O)C(F)(F)F)cc1. The summed E-state index contributed by atoms with van der Waals surface area (Å²) in [5.41, 5.74) is -5.21. The number of halogens is 3. The lowest BCUT2D eigenvalue weighted by Gasteiger charge is -2.24. The predicted octanol–water partition coefficient (Wildman–Crippen LogP) is 1.14. The molecule has 6 nitrogen and oxygen atoms in total. The Kier molecular flexibility index (Phi) is 6.12. The van der Waals surface area contributed by atoms with Crippen molar-refractivity contribution < 1.29 is 39.1 Å². The number of benzene rings is 1. The Labute approximate surface area is 127 Å². The minimum atomic E-state index is -5.61. The van der Waals surface area contributed by atoms with Crippen molar-refractivity contribution in [1.82, 2.24) is 0 Å². The lowest BCUT2D eigenvalue weighted by Crippen LogP contribution is -2.54. The van der Waals surface area contributed by atoms with Gasteiger partial charge in [0.25, 0.3) is 0 Å². The van der Waals surface area contributed by atoms with E-state index < -0.39 is 31.0 Å². The van der Waals surface area contributed by atoms with Gasteiger partial charge in [-0.25, -0.2) is 0 Å². The summed E-state index contributed by atoms with van der Waals surface area (Å²) in [6, 6.07) is 5.84. The van der Waals surface area contributed by atoms with Crippen LogP contribution in [0.4, 0.5) is 13.2 Å². The molecule has 0 spiro atoms. The van der Waals surface area contributed by atoms with E-state index in [0.717, 1.165) is 0 Å². The first-order chi connectivity index (χ1) is 10.1. The van der Waals surface area contributed by atoms with Crippen LogP contribution in [0, 0.1) is 0 Å². The van der Waals surface area contributed by atoms with E-state index in [-0.39, 0.29) is 5.56 Å². The van der Waals surface area contributed by atoms with Crippen molar-refractivity contribution >= 4 is 24.1 Å². The van der Waals surface area contributed by atoms with E-state index >= 15 is 0 Å². The second-order valence-corrected chi connectivity index (χ2v) is 8.55. The summed E-state index contributed by atoms with van der Waals surface area (Å²) in [5.74, 6) is 0. The summed E-state index contributed by atoms with van der Waals surface area (Å²) >= 11 is 0. The van der Waals surface area contributed by atoms with Crippen molar-refractivity contribution in [3.63, 3.8) is 0 Å². The zero-order valence-electron chi connectivity index (χ0n) is 12.0. The molecule has 1 aromatic rings. The Hall–Kier alpha value is -0.983. The maximum Gasteiger partial charge on any atom is 0.536 e. The van der Waals surface area contributed by atoms with Crippen molar-refractivity contribution in [3.05, 3.63) is 29.8 Å². The Balaban J connectivity index is 2.87. The molecule has 0 saturated carbocycles. The molecule has 126 valence electrons. The molecule has 22 heavy (non-hydrogen) atoms. The largest absolute Gasteiger partial charge is 0.536 e. The number of hydrogen-bond acceptors (Lipinski definition) is 6. The van der Waals surface area contributed by atoms with Gasteiger partial charge in [0.1, 0.15) is 0 Å². The molecule has 0 aromatic heterocycles. The normalized spacial score (nSPS) is 13.4. The minimum Gasteiger partial charge on any atom is -0.373 e. The summed E-state index contributed by atoms with van der Waals surface area (Å²) in [6.07, 6.45) is 0. The van der Waals surface area contributed by atoms with Crippen molar-refractivity contribution in [2.24, 2.45) is 0 Å². The molecule has 0 radical (unpaired) electrons. The molecule has 0 aliphatic rings. The maximum absolute atomic E-state index is 12.1. The number of alkyl halides is 3. The fourth-order valence-corrected chi connectivity index (χ4v) is 3.83. The van der Waals surface area contributed by atoms with Crippen LogP contribution in [0.25, 0.3) is 0 Å². The van der Waals surface area contributed by atoms with Crippen LogP contribution in [0.2, 0.25) is 0 Å². The van der Waals surface area contributed by atoms with Gasteiger partial charge in [-0.2, -0.15) is 21.6 Å². The van der Waals surface area contributed by atoms with Gasteiger partial charge in [0, 0.05) is 26.5 Å². The average molecular weight is 360 g/mol. The monoisotopic (exact) mass is 360 g/mol. The molecule has 0 N–H and O–H groups in total. The van der Waals surface area contributed by atoms with E-state index in [1.54, 1.807) is 0 Å². The summed E-state index contributed by atoms with van der Waals surface area (Å²) in [7, 11) is -4.43. The molecule has 0 saturated heterocycles. The fourth-order valence-electron chi connectivity index (χ4n) is 1.62. The predicted molar refractivity (Wildman–Crippen MR) is 72.6 cm³/mol. The molecule has 0 aliphatic carbocycles. The van der Waals surface area contributed by atoms with Crippen LogP contribution < -0.4 is 5.19 Å². The zero-order valence-corrected chi connectivity index (χ0v) is 13.8. The van der Waals surface area contributed by atoms with Gasteiger partial charge in [0.15, 0.2) is 0 Å². The third-order valence-electron chi connectivity index (χ3n) is 2.78. The highest BCUT2D eigenvalue weighted by Gasteiger charge is 2.47. The zero-order chi connectivity index (χ0) is 17.0. The molecular weight excluding hydrogens is 345 g/mol. The molecule has 1 aromatic carbocycles. The lowest BCUT2D eigenvalue weighted by atomic mass is 10.2. The summed E-state index contributed by atoms with van der Waals surface area (Å²) in [4.78, 5) is 0. The molecule has 1 rings (SSSR count). The highest BCUT2D eigenvalue weighted by molar-refractivity contribution is 7.87. The lowest BCUT2D eigenvalue weighted by molar-refractivity contribution is -0.0547. The van der Waals surface area contributed by atoms with E-state index in [1.807, 2.05) is 0 Å². The molecular formula is C11H15F3O6SSi. The number of rotatable bonds is 7. The van der Waals surface area contributed by atoms with Gasteiger partial charge >= 0.3 is 24.4 Å². The van der Waals surface area contributed by atoms with Crippen LogP contribution in [-0.4, -0.2) is 44.1 Å². The van der Waals surface area contributed by atoms with Gasteiger partial charge in [-0.1, -0.05) is 24.3 Å². The van der Waals surface area contributed by atoms with Gasteiger partial charge in [-0.3, -0.25) is 4.18 Å². The van der Waals surface area contributed by atoms with Crippen molar-refractivity contribution in [2.75, 3.05) is 21.3 Å². The van der Waals surface area contributed by atoms with E-state index in [2.05, 4.69) is 4.18 Å². The topological polar surface area (TPSA) is 71.1 Å². The highest BCUT2D eigenvalue weighted by atomic mass is 32.2. The fraction of sp³-hybridized carbons (Fsp3) is 0.455. The number of hydrogen-bond donors (Lipinski definition) is 0. The van der Waals surface area contributed by atoms with E-state index in [1.165, 1.54) is 45.6 Å². The average Bonchev–Trinajstić information content (AvgIpc) is 2.47. The van der Waals surface area contributed by atoms with E-state index in [0.29, 0.717) is 5.19 Å². The Morgan fingerprint density at radius 1 is 1.00 bits per heavy atom. The minimum absolute atomic E-state index is 0.239. The highest BCUT2D eigenvalue weighted by Crippen LogP contribution is 2.25. The van der Waals surface area contributed by atoms with Crippen LogP contribution in [0.5, 0.6) is 0 Å². The molecule has 0 fully saturated rings. The Bertz CT molecular complexity index is 575. The summed E-state index contributed by atoms with van der Waals surface area (Å²) in [6.45, 7) is -0.733. The first-order valence-corrected chi connectivity index (χ1v) is 8.95. The van der Waals surface area contributed by atoms with Gasteiger partial charge in [-0.05, 0) is 5.56 Å². The Morgan fingerprint density at radius 3 is 1.82 bits per heavy atom. The molecule has 0 unspecified atom stereocenters. The second-order valence-electron chi connectivity index (χ2n) is 4.03. The maximum atomic E-state index is 12.1. The molecule has 0 bridgehead atoms. The van der Waals surface area contributed by atoms with Crippen molar-refractivity contribution in [3.8, 4) is 0 Å². The smallest absolute Gasteiger partial charge is 0.373 e. The van der Waals surface area contributed by atoms with Gasteiger partial charge in [0.05, 0.1) is 6.61 Å². The molecule has 0 heterocycles. The third kappa shape index (κ3) is 4.06.